The summed E-state index contributed by atoms with van der Waals surface area (Å²) < 4.78 is 57.5. The summed E-state index contributed by atoms with van der Waals surface area (Å²) >= 11 is 0. The van der Waals surface area contributed by atoms with Crippen molar-refractivity contribution < 1.29 is 41.8 Å². The van der Waals surface area contributed by atoms with Crippen LogP contribution in [-0.4, -0.2) is 33.0 Å². The Bertz CT molecular complexity index is 1260. The Kier molecular flexibility index (Phi) is 7.22. The van der Waals surface area contributed by atoms with Gasteiger partial charge in [0, 0.05) is 5.69 Å². The second kappa shape index (κ2) is 10.1. The van der Waals surface area contributed by atoms with Gasteiger partial charge in [0.05, 0.1) is 12.0 Å². The zero-order chi connectivity index (χ0) is 25.8. The molecule has 3 amide bonds. The number of nitrogens with zero attached hydrogens (tertiary/aromatic N) is 1. The predicted octanol–water partition coefficient (Wildman–Crippen LogP) is 3.52. The summed E-state index contributed by atoms with van der Waals surface area (Å²) in [5, 5.41) is 13.1. The highest BCUT2D eigenvalue weighted by atomic mass is 19.4. The predicted molar refractivity (Wildman–Crippen MR) is 113 cm³/mol. The number of benzene rings is 2. The highest BCUT2D eigenvalue weighted by Crippen LogP contribution is 2.33. The molecule has 0 bridgehead atoms. The van der Waals surface area contributed by atoms with Crippen LogP contribution in [0.2, 0.25) is 0 Å². The second-order valence-corrected chi connectivity index (χ2v) is 7.05. The van der Waals surface area contributed by atoms with E-state index in [0.29, 0.717) is 23.4 Å². The number of urea groups is 1. The van der Waals surface area contributed by atoms with Gasteiger partial charge in [0.2, 0.25) is 0 Å². The largest absolute Gasteiger partial charge is 0.486 e. The molecule has 6 N–H and O–H groups in total. The van der Waals surface area contributed by atoms with E-state index in [9.17, 15) is 31.9 Å². The third-order valence-corrected chi connectivity index (χ3v) is 4.41. The average molecular weight is 495 g/mol. The molecule has 35 heavy (non-hydrogen) atoms. The van der Waals surface area contributed by atoms with E-state index in [4.69, 9.17) is 15.6 Å². The van der Waals surface area contributed by atoms with E-state index in [-0.39, 0.29) is 36.1 Å². The number of aromatic nitrogens is 2. The summed E-state index contributed by atoms with van der Waals surface area (Å²) in [6.45, 7) is -0.200. The summed E-state index contributed by atoms with van der Waals surface area (Å²) in [6.07, 6.45) is -5.13. The van der Waals surface area contributed by atoms with E-state index in [1.807, 2.05) is 0 Å². The fraction of sp³-hybridized carbons (Fsp3) is 0.143. The topological polar surface area (TPSA) is 159 Å². The number of alkyl halides is 3. The SMILES string of the molecule is NC(=O)c1nc(COc2ccc(CC(=O)O)cc2)[nH]c1NC(=O)Nc1ccc(F)c(C(F)(F)F)c1. The maximum absolute atomic E-state index is 13.4. The fourth-order valence-electron chi connectivity index (χ4n) is 2.89. The van der Waals surface area contributed by atoms with E-state index >= 15 is 0 Å². The monoisotopic (exact) mass is 495 g/mol. The minimum absolute atomic E-state index is 0.0739. The maximum Gasteiger partial charge on any atom is 0.419 e. The number of ether oxygens (including phenoxy) is 1. The summed E-state index contributed by atoms with van der Waals surface area (Å²) in [5.74, 6) is -3.32. The fourth-order valence-corrected chi connectivity index (χ4v) is 2.89. The van der Waals surface area contributed by atoms with Gasteiger partial charge in [0.1, 0.15) is 29.8 Å². The summed E-state index contributed by atoms with van der Waals surface area (Å²) in [5.41, 5.74) is 3.52. The number of nitrogens with one attached hydrogen (secondary N) is 3. The quantitative estimate of drug-likeness (QED) is 0.301. The van der Waals surface area contributed by atoms with Gasteiger partial charge in [-0.05, 0) is 35.9 Å². The standard InChI is InChI=1S/C21H17F4N5O5/c22-14-6-3-11(8-13(14)21(23,24)25)27-20(34)30-19-17(18(26)33)28-15(29-19)9-35-12-4-1-10(2-5-12)7-16(31)32/h1-6,8H,7,9H2,(H2,26,33)(H,28,29)(H,31,32)(H2,27,30,34). The number of aliphatic carboxylic acids is 1. The molecular formula is C21H17F4N5O5. The molecule has 0 atom stereocenters. The van der Waals surface area contributed by atoms with Crippen LogP contribution in [0.4, 0.5) is 33.9 Å². The molecule has 0 fully saturated rings. The lowest BCUT2D eigenvalue weighted by molar-refractivity contribution is -0.140. The highest BCUT2D eigenvalue weighted by Gasteiger charge is 2.34. The minimum atomic E-state index is -4.97. The summed E-state index contributed by atoms with van der Waals surface area (Å²) in [7, 11) is 0. The molecule has 0 saturated heterocycles. The minimum Gasteiger partial charge on any atom is -0.486 e. The molecule has 0 spiro atoms. The lowest BCUT2D eigenvalue weighted by Gasteiger charge is -2.11. The van der Waals surface area contributed by atoms with Crippen molar-refractivity contribution in [2.75, 3.05) is 10.6 Å². The van der Waals surface area contributed by atoms with Gasteiger partial charge < -0.3 is 25.9 Å². The number of rotatable bonds is 8. The van der Waals surface area contributed by atoms with Gasteiger partial charge in [-0.3, -0.25) is 14.9 Å². The first-order valence-electron chi connectivity index (χ1n) is 9.69. The van der Waals surface area contributed by atoms with E-state index < -0.39 is 35.5 Å². The molecular weight excluding hydrogens is 478 g/mol. The van der Waals surface area contributed by atoms with Crippen LogP contribution in [0.3, 0.4) is 0 Å². The number of carbonyl (C=O) groups excluding carboxylic acids is 2. The molecule has 1 heterocycles. The van der Waals surface area contributed by atoms with Crippen molar-refractivity contribution in [1.29, 1.82) is 0 Å². The Labute approximate surface area is 194 Å². The van der Waals surface area contributed by atoms with Crippen LogP contribution in [0.5, 0.6) is 5.75 Å². The first kappa shape index (κ1) is 25.0. The van der Waals surface area contributed by atoms with Crippen molar-refractivity contribution in [3.8, 4) is 5.75 Å². The number of imidazole rings is 1. The highest BCUT2D eigenvalue weighted by molar-refractivity contribution is 6.04. The molecule has 2 aromatic carbocycles. The van der Waals surface area contributed by atoms with Gasteiger partial charge in [-0.15, -0.1) is 0 Å². The number of aromatic amines is 1. The first-order chi connectivity index (χ1) is 16.4. The van der Waals surface area contributed by atoms with E-state index in [1.54, 1.807) is 12.1 Å². The molecule has 0 aliphatic rings. The number of carboxylic acids is 1. The van der Waals surface area contributed by atoms with Crippen molar-refractivity contribution in [1.82, 2.24) is 9.97 Å². The molecule has 0 radical (unpaired) electrons. The molecule has 184 valence electrons. The summed E-state index contributed by atoms with van der Waals surface area (Å²) in [6, 6.07) is 6.99. The van der Waals surface area contributed by atoms with Crippen molar-refractivity contribution in [2.45, 2.75) is 19.2 Å². The Morgan fingerprint density at radius 1 is 1.09 bits per heavy atom. The molecule has 0 unspecified atom stereocenters. The number of primary amides is 1. The average Bonchev–Trinajstić information content (AvgIpc) is 3.16. The van der Waals surface area contributed by atoms with E-state index in [2.05, 4.69) is 20.6 Å². The number of H-pyrrole nitrogens is 1. The Balaban J connectivity index is 1.68. The number of amides is 3. The molecule has 14 heteroatoms. The smallest absolute Gasteiger partial charge is 0.419 e. The number of hydrogen-bond acceptors (Lipinski definition) is 5. The van der Waals surface area contributed by atoms with Crippen LogP contribution >= 0.6 is 0 Å². The third-order valence-electron chi connectivity index (χ3n) is 4.41. The molecule has 0 aliphatic heterocycles. The normalized spacial score (nSPS) is 11.1. The Morgan fingerprint density at radius 2 is 1.77 bits per heavy atom. The lowest BCUT2D eigenvalue weighted by atomic mass is 10.1. The lowest BCUT2D eigenvalue weighted by Crippen LogP contribution is -2.23. The number of halogens is 4. The molecule has 10 nitrogen and oxygen atoms in total. The number of carbonyl (C=O) groups is 3. The maximum atomic E-state index is 13.4. The van der Waals surface area contributed by atoms with Crippen LogP contribution in [0.25, 0.3) is 0 Å². The van der Waals surface area contributed by atoms with Crippen LogP contribution in [0, 0.1) is 5.82 Å². The molecule has 3 rings (SSSR count). The van der Waals surface area contributed by atoms with Crippen molar-refractivity contribution >= 4 is 29.4 Å². The molecule has 3 aromatic rings. The zero-order valence-corrected chi connectivity index (χ0v) is 17.6. The van der Waals surface area contributed by atoms with Crippen molar-refractivity contribution in [3.05, 3.63) is 70.9 Å². The van der Waals surface area contributed by atoms with Crippen LogP contribution in [0.1, 0.15) is 27.4 Å². The van der Waals surface area contributed by atoms with Crippen molar-refractivity contribution in [2.24, 2.45) is 5.73 Å². The number of anilines is 2. The molecule has 0 aliphatic carbocycles. The van der Waals surface area contributed by atoms with Crippen LogP contribution in [0.15, 0.2) is 42.5 Å². The van der Waals surface area contributed by atoms with E-state index in [1.165, 1.54) is 12.1 Å². The van der Waals surface area contributed by atoms with Gasteiger partial charge in [-0.1, -0.05) is 12.1 Å². The van der Waals surface area contributed by atoms with Gasteiger partial charge >= 0.3 is 18.2 Å². The van der Waals surface area contributed by atoms with Gasteiger partial charge in [0.25, 0.3) is 5.91 Å². The number of carboxylic acid groups (broad SMARTS) is 1. The van der Waals surface area contributed by atoms with Gasteiger partial charge in [0.15, 0.2) is 5.69 Å². The van der Waals surface area contributed by atoms with Gasteiger partial charge in [-0.25, -0.2) is 14.2 Å². The molecule has 1 aromatic heterocycles. The summed E-state index contributed by atoms with van der Waals surface area (Å²) in [4.78, 5) is 41.2. The number of nitrogens with two attached hydrogens (primary N) is 1. The Hall–Kier alpha value is -4.62. The van der Waals surface area contributed by atoms with Crippen molar-refractivity contribution in [3.63, 3.8) is 0 Å². The Morgan fingerprint density at radius 3 is 2.37 bits per heavy atom. The second-order valence-electron chi connectivity index (χ2n) is 7.05. The molecule has 0 saturated carbocycles. The van der Waals surface area contributed by atoms with E-state index in [0.717, 1.165) is 6.07 Å². The number of hydrogen-bond donors (Lipinski definition) is 5. The first-order valence-corrected chi connectivity index (χ1v) is 9.69. The van der Waals surface area contributed by atoms with Gasteiger partial charge in [-0.2, -0.15) is 13.2 Å². The van der Waals surface area contributed by atoms with Crippen LogP contribution in [-0.2, 0) is 24.0 Å². The zero-order valence-electron chi connectivity index (χ0n) is 17.6. The van der Waals surface area contributed by atoms with Crippen LogP contribution < -0.4 is 21.1 Å². The third kappa shape index (κ3) is 6.69.